The first kappa shape index (κ1) is 19.6. The van der Waals surface area contributed by atoms with E-state index < -0.39 is 16.0 Å². The van der Waals surface area contributed by atoms with Crippen molar-refractivity contribution in [3.05, 3.63) is 46.6 Å². The highest BCUT2D eigenvalue weighted by atomic mass is 79.9. The van der Waals surface area contributed by atoms with Crippen molar-refractivity contribution in [2.24, 2.45) is 5.14 Å². The molecular formula is C17H18BrN3O5S. The number of nitrogens with two attached hydrogens (primary N) is 1. The summed E-state index contributed by atoms with van der Waals surface area (Å²) >= 11 is 3.13. The Kier molecular flexibility index (Phi) is 5.68. The maximum atomic E-state index is 12.1. The van der Waals surface area contributed by atoms with Crippen molar-refractivity contribution < 1.29 is 22.4 Å². The van der Waals surface area contributed by atoms with Gasteiger partial charge >= 0.3 is 5.97 Å². The van der Waals surface area contributed by atoms with Crippen LogP contribution in [0.4, 0.5) is 0 Å². The van der Waals surface area contributed by atoms with Gasteiger partial charge in [0.05, 0.1) is 15.9 Å². The second-order valence-corrected chi connectivity index (χ2v) is 8.25. The first-order chi connectivity index (χ1) is 12.8. The number of esters is 1. The summed E-state index contributed by atoms with van der Waals surface area (Å²) in [4.78, 5) is 16.5. The number of furan rings is 1. The Morgan fingerprint density at radius 2 is 2.11 bits per heavy atom. The molecule has 0 aliphatic carbocycles. The fraction of sp³-hybridized carbons (Fsp3) is 0.294. The standard InChI is InChI=1S/C17H18BrN3O5S/c1-2-3-8-21-13-5-4-11(27(19,23)24)9-12(13)20-16(21)10-25-17(22)14-6-7-15(18)26-14/h4-7,9H,2-3,8,10H2,1H3,(H2,19,23,24). The average molecular weight is 456 g/mol. The van der Waals surface area contributed by atoms with Crippen LogP contribution in [0.25, 0.3) is 11.0 Å². The van der Waals surface area contributed by atoms with Crippen LogP contribution in [0.1, 0.15) is 36.1 Å². The smallest absolute Gasteiger partial charge is 0.374 e. The van der Waals surface area contributed by atoms with Gasteiger partial charge in [-0.15, -0.1) is 0 Å². The van der Waals surface area contributed by atoms with Gasteiger partial charge in [-0.1, -0.05) is 13.3 Å². The van der Waals surface area contributed by atoms with Crippen molar-refractivity contribution >= 4 is 43.0 Å². The van der Waals surface area contributed by atoms with Crippen LogP contribution in [0.15, 0.2) is 44.3 Å². The van der Waals surface area contributed by atoms with E-state index in [-0.39, 0.29) is 17.3 Å². The summed E-state index contributed by atoms with van der Waals surface area (Å²) < 4.78 is 36.0. The Labute approximate surface area is 164 Å². The fourth-order valence-corrected chi connectivity index (χ4v) is 3.48. The topological polar surface area (TPSA) is 117 Å². The van der Waals surface area contributed by atoms with Gasteiger partial charge in [-0.05, 0) is 52.7 Å². The number of aryl methyl sites for hydroxylation is 1. The van der Waals surface area contributed by atoms with Gasteiger partial charge in [-0.25, -0.2) is 23.3 Å². The molecule has 2 heterocycles. The normalized spacial score (nSPS) is 11.8. The van der Waals surface area contributed by atoms with Crippen LogP contribution in [-0.2, 0) is 27.9 Å². The minimum absolute atomic E-state index is 0.0147. The summed E-state index contributed by atoms with van der Waals surface area (Å²) in [5.41, 5.74) is 1.23. The molecule has 8 nitrogen and oxygen atoms in total. The number of primary sulfonamides is 1. The van der Waals surface area contributed by atoms with Gasteiger partial charge in [0.25, 0.3) is 0 Å². The van der Waals surface area contributed by atoms with Crippen molar-refractivity contribution in [3.63, 3.8) is 0 Å². The summed E-state index contributed by atoms with van der Waals surface area (Å²) in [5.74, 6) is -0.0152. The third-order valence-electron chi connectivity index (χ3n) is 3.97. The van der Waals surface area contributed by atoms with E-state index in [0.29, 0.717) is 22.6 Å². The van der Waals surface area contributed by atoms with Crippen molar-refractivity contribution in [2.45, 2.75) is 37.8 Å². The monoisotopic (exact) mass is 455 g/mol. The van der Waals surface area contributed by atoms with E-state index in [9.17, 15) is 13.2 Å². The molecule has 2 N–H and O–H groups in total. The maximum Gasteiger partial charge on any atom is 0.374 e. The first-order valence-electron chi connectivity index (χ1n) is 8.24. The number of ether oxygens (including phenoxy) is 1. The fourth-order valence-electron chi connectivity index (χ4n) is 2.64. The van der Waals surface area contributed by atoms with Crippen LogP contribution in [0, 0.1) is 0 Å². The van der Waals surface area contributed by atoms with E-state index in [4.69, 9.17) is 14.3 Å². The number of halogens is 1. The van der Waals surface area contributed by atoms with Crippen LogP contribution < -0.4 is 5.14 Å². The number of nitrogens with zero attached hydrogens (tertiary/aromatic N) is 2. The van der Waals surface area contributed by atoms with Crippen LogP contribution in [-0.4, -0.2) is 23.9 Å². The third-order valence-corrected chi connectivity index (χ3v) is 5.31. The van der Waals surface area contributed by atoms with E-state index in [1.54, 1.807) is 12.1 Å². The lowest BCUT2D eigenvalue weighted by Crippen LogP contribution is -2.12. The van der Waals surface area contributed by atoms with Gasteiger partial charge in [0.15, 0.2) is 4.67 Å². The zero-order valence-corrected chi connectivity index (χ0v) is 16.9. The number of hydrogen-bond donors (Lipinski definition) is 1. The number of aromatic nitrogens is 2. The number of carbonyl (C=O) groups excluding carboxylic acids is 1. The molecule has 27 heavy (non-hydrogen) atoms. The lowest BCUT2D eigenvalue weighted by molar-refractivity contribution is 0.0420. The highest BCUT2D eigenvalue weighted by Crippen LogP contribution is 2.22. The SMILES string of the molecule is CCCCn1c(COC(=O)c2ccc(Br)o2)nc2cc(S(N)(=O)=O)ccc21. The second kappa shape index (κ2) is 7.83. The van der Waals surface area contributed by atoms with E-state index in [2.05, 4.69) is 27.8 Å². The Morgan fingerprint density at radius 1 is 1.33 bits per heavy atom. The Bertz CT molecular complexity index is 1090. The predicted molar refractivity (Wildman–Crippen MR) is 102 cm³/mol. The van der Waals surface area contributed by atoms with Crippen molar-refractivity contribution in [2.75, 3.05) is 0 Å². The van der Waals surface area contributed by atoms with Gasteiger partial charge in [0, 0.05) is 6.54 Å². The molecule has 0 atom stereocenters. The van der Waals surface area contributed by atoms with Crippen LogP contribution in [0.3, 0.4) is 0 Å². The van der Waals surface area contributed by atoms with E-state index in [0.717, 1.165) is 18.4 Å². The van der Waals surface area contributed by atoms with Crippen molar-refractivity contribution in [3.8, 4) is 0 Å². The minimum atomic E-state index is -3.83. The highest BCUT2D eigenvalue weighted by Gasteiger charge is 2.17. The van der Waals surface area contributed by atoms with Crippen molar-refractivity contribution in [1.29, 1.82) is 0 Å². The van der Waals surface area contributed by atoms with Gasteiger partial charge in [0.2, 0.25) is 15.8 Å². The molecule has 0 spiro atoms. The largest absolute Gasteiger partial charge is 0.452 e. The van der Waals surface area contributed by atoms with Gasteiger partial charge in [-0.3, -0.25) is 0 Å². The minimum Gasteiger partial charge on any atom is -0.452 e. The van der Waals surface area contributed by atoms with E-state index >= 15 is 0 Å². The number of sulfonamides is 1. The summed E-state index contributed by atoms with van der Waals surface area (Å²) in [6, 6.07) is 7.62. The van der Waals surface area contributed by atoms with Gasteiger partial charge in [-0.2, -0.15) is 0 Å². The molecule has 0 bridgehead atoms. The molecule has 0 fully saturated rings. The molecule has 0 unspecified atom stereocenters. The lowest BCUT2D eigenvalue weighted by Gasteiger charge is -2.09. The lowest BCUT2D eigenvalue weighted by atomic mass is 10.3. The number of carbonyl (C=O) groups is 1. The summed E-state index contributed by atoms with van der Waals surface area (Å²) in [7, 11) is -3.83. The number of unbranched alkanes of at least 4 members (excludes halogenated alkanes) is 1. The number of imidazole rings is 1. The Balaban J connectivity index is 1.91. The molecule has 2 aromatic heterocycles. The quantitative estimate of drug-likeness (QED) is 0.546. The molecule has 0 saturated carbocycles. The van der Waals surface area contributed by atoms with E-state index in [1.165, 1.54) is 18.2 Å². The summed E-state index contributed by atoms with van der Waals surface area (Å²) in [6.07, 6.45) is 1.86. The van der Waals surface area contributed by atoms with Crippen LogP contribution in [0.5, 0.6) is 0 Å². The molecule has 10 heteroatoms. The molecule has 0 aliphatic rings. The molecule has 3 aromatic rings. The average Bonchev–Trinajstić information content (AvgIpc) is 3.20. The zero-order chi connectivity index (χ0) is 19.6. The number of rotatable bonds is 7. The zero-order valence-electron chi connectivity index (χ0n) is 14.5. The molecule has 144 valence electrons. The molecular weight excluding hydrogens is 438 g/mol. The van der Waals surface area contributed by atoms with E-state index in [1.807, 2.05) is 4.57 Å². The summed E-state index contributed by atoms with van der Waals surface area (Å²) in [5, 5.41) is 5.19. The van der Waals surface area contributed by atoms with Crippen LogP contribution in [0.2, 0.25) is 0 Å². The van der Waals surface area contributed by atoms with Crippen LogP contribution >= 0.6 is 15.9 Å². The molecule has 0 radical (unpaired) electrons. The predicted octanol–water partition coefficient (Wildman–Crippen LogP) is 3.20. The maximum absolute atomic E-state index is 12.1. The molecule has 0 aliphatic heterocycles. The van der Waals surface area contributed by atoms with Gasteiger partial charge in [0.1, 0.15) is 12.4 Å². The highest BCUT2D eigenvalue weighted by molar-refractivity contribution is 9.10. The van der Waals surface area contributed by atoms with Gasteiger partial charge < -0.3 is 13.7 Å². The second-order valence-electron chi connectivity index (χ2n) is 5.91. The molecule has 0 amide bonds. The molecule has 3 rings (SSSR count). The van der Waals surface area contributed by atoms with Crippen molar-refractivity contribution in [1.82, 2.24) is 9.55 Å². The summed E-state index contributed by atoms with van der Waals surface area (Å²) in [6.45, 7) is 2.66. The Morgan fingerprint density at radius 3 is 2.74 bits per heavy atom. The number of hydrogen-bond acceptors (Lipinski definition) is 6. The number of fused-ring (bicyclic) bond motifs is 1. The molecule has 1 aromatic carbocycles. The number of benzene rings is 1. The Hall–Kier alpha value is -2.17. The first-order valence-corrected chi connectivity index (χ1v) is 10.6. The molecule has 0 saturated heterocycles. The third kappa shape index (κ3) is 4.40.